The van der Waals surface area contributed by atoms with Crippen molar-refractivity contribution in [1.82, 2.24) is 10.6 Å². The van der Waals surface area contributed by atoms with Gasteiger partial charge < -0.3 is 15.7 Å². The van der Waals surface area contributed by atoms with Gasteiger partial charge in [-0.15, -0.1) is 0 Å². The Morgan fingerprint density at radius 1 is 0.909 bits per heavy atom. The molecule has 4 saturated carbocycles. The van der Waals surface area contributed by atoms with Crippen LogP contribution in [0.1, 0.15) is 115 Å². The molecule has 9 atom stereocenters. The maximum absolute atomic E-state index is 12.4. The van der Waals surface area contributed by atoms with Crippen molar-refractivity contribution in [1.29, 1.82) is 0 Å². The molecule has 5 aliphatic rings. The van der Waals surface area contributed by atoms with Gasteiger partial charge in [0.1, 0.15) is 0 Å². The molecule has 0 unspecified atom stereocenters. The van der Waals surface area contributed by atoms with E-state index in [1.54, 1.807) is 19.2 Å². The highest BCUT2D eigenvalue weighted by molar-refractivity contribution is 5.88. The number of hydrogen-bond acceptors (Lipinski definition) is 3. The molecule has 44 heavy (non-hydrogen) atoms. The first-order valence-electron chi connectivity index (χ1n) is 17.3. The molecule has 0 heterocycles. The SMILES string of the molecule is C=C(C)[C@@H]1CC[C@]2(NCC(=O)NC)CC[C@]3(C)[C@H](CC[C@@H]4[C@@]5(C)CC=C(c6ccc(C(=O)O)cc6)C(C)(C)[C@@H]5CC[C@]43C)[C@@H]12. The fourth-order valence-electron chi connectivity index (χ4n) is 12.7. The van der Waals surface area contributed by atoms with Crippen molar-refractivity contribution in [2.75, 3.05) is 13.6 Å². The molecule has 5 aliphatic carbocycles. The molecular weight excluding hydrogens is 544 g/mol. The number of carbonyl (C=O) groups is 2. The van der Waals surface area contributed by atoms with Crippen molar-refractivity contribution in [2.24, 2.45) is 51.2 Å². The number of carboxylic acids is 1. The second-order valence-electron chi connectivity index (χ2n) is 16.8. The van der Waals surface area contributed by atoms with Gasteiger partial charge in [0.15, 0.2) is 0 Å². The standard InChI is InChI=1S/C39H56N2O3/c1-24(2)27-15-20-39(41-23-32(42)40-8)22-21-37(6)29(33(27)39)13-14-31-36(5)18-16-28(25-9-11-26(12-10-25)34(43)44)35(3,4)30(36)17-19-38(31,37)7/h9-12,16,27,29-31,33,41H,1,13-15,17-23H2,2-8H3,(H,40,42)(H,43,44)/t27-,29+,30-,31+,33+,36-,37+,38+,39-/m0/s1. The van der Waals surface area contributed by atoms with Crippen LogP contribution in [0, 0.1) is 51.2 Å². The van der Waals surface area contributed by atoms with Gasteiger partial charge in [-0.1, -0.05) is 65.0 Å². The number of fused-ring (bicyclic) bond motifs is 7. The predicted molar refractivity (Wildman–Crippen MR) is 178 cm³/mol. The Labute approximate surface area is 265 Å². The number of amides is 1. The zero-order valence-electron chi connectivity index (χ0n) is 28.3. The van der Waals surface area contributed by atoms with Crippen LogP contribution < -0.4 is 10.6 Å². The van der Waals surface area contributed by atoms with Crippen LogP contribution in [0.15, 0.2) is 42.5 Å². The third-order valence-corrected chi connectivity index (χ3v) is 15.0. The van der Waals surface area contributed by atoms with E-state index >= 15 is 0 Å². The van der Waals surface area contributed by atoms with Crippen molar-refractivity contribution < 1.29 is 14.7 Å². The fourth-order valence-corrected chi connectivity index (χ4v) is 12.7. The molecule has 0 spiro atoms. The minimum Gasteiger partial charge on any atom is -0.478 e. The minimum atomic E-state index is -0.869. The molecule has 6 rings (SSSR count). The Bertz CT molecular complexity index is 1380. The summed E-state index contributed by atoms with van der Waals surface area (Å²) in [5, 5.41) is 16.1. The van der Waals surface area contributed by atoms with Crippen LogP contribution in [0.4, 0.5) is 0 Å². The number of carboxylic acid groups (broad SMARTS) is 1. The third kappa shape index (κ3) is 4.34. The summed E-state index contributed by atoms with van der Waals surface area (Å²) in [6, 6.07) is 7.56. The molecule has 1 aromatic rings. The van der Waals surface area contributed by atoms with Crippen LogP contribution in [0.25, 0.3) is 5.57 Å². The van der Waals surface area contributed by atoms with Gasteiger partial charge in [-0.05, 0) is 139 Å². The minimum absolute atomic E-state index is 0.0127. The van der Waals surface area contributed by atoms with Gasteiger partial charge in [0.25, 0.3) is 0 Å². The maximum Gasteiger partial charge on any atom is 0.335 e. The average molecular weight is 601 g/mol. The van der Waals surface area contributed by atoms with Gasteiger partial charge in [0.05, 0.1) is 12.1 Å². The van der Waals surface area contributed by atoms with Gasteiger partial charge in [-0.3, -0.25) is 4.79 Å². The summed E-state index contributed by atoms with van der Waals surface area (Å²) in [6.45, 7) is 20.0. The first kappa shape index (κ1) is 31.6. The molecule has 4 fully saturated rings. The Hall–Kier alpha value is -2.40. The van der Waals surface area contributed by atoms with Crippen molar-refractivity contribution in [2.45, 2.75) is 105 Å². The lowest BCUT2D eigenvalue weighted by atomic mass is 9.33. The normalized spacial score (nSPS) is 42.2. The summed E-state index contributed by atoms with van der Waals surface area (Å²) < 4.78 is 0. The molecule has 0 aliphatic heterocycles. The zero-order valence-corrected chi connectivity index (χ0v) is 28.3. The Morgan fingerprint density at radius 3 is 2.25 bits per heavy atom. The van der Waals surface area contributed by atoms with E-state index in [4.69, 9.17) is 0 Å². The molecule has 0 saturated heterocycles. The van der Waals surface area contributed by atoms with Crippen LogP contribution in [-0.2, 0) is 4.79 Å². The fraction of sp³-hybridized carbons (Fsp3) is 0.692. The van der Waals surface area contributed by atoms with E-state index in [1.165, 1.54) is 55.2 Å². The van der Waals surface area contributed by atoms with E-state index < -0.39 is 5.97 Å². The Kier molecular flexibility index (Phi) is 7.59. The summed E-state index contributed by atoms with van der Waals surface area (Å²) >= 11 is 0. The van der Waals surface area contributed by atoms with Crippen molar-refractivity contribution in [3.05, 3.63) is 53.6 Å². The van der Waals surface area contributed by atoms with E-state index in [9.17, 15) is 14.7 Å². The summed E-state index contributed by atoms with van der Waals surface area (Å²) in [5.74, 6) is 2.15. The highest BCUT2D eigenvalue weighted by Gasteiger charge is 2.70. The van der Waals surface area contributed by atoms with Crippen LogP contribution in [0.2, 0.25) is 0 Å². The molecule has 240 valence electrons. The molecule has 1 aromatic carbocycles. The van der Waals surface area contributed by atoms with Crippen molar-refractivity contribution in [3.63, 3.8) is 0 Å². The molecule has 0 aromatic heterocycles. The lowest BCUT2D eigenvalue weighted by Gasteiger charge is -2.72. The number of allylic oxidation sites excluding steroid dienone is 3. The van der Waals surface area contributed by atoms with Gasteiger partial charge >= 0.3 is 5.97 Å². The third-order valence-electron chi connectivity index (χ3n) is 15.0. The molecule has 3 N–H and O–H groups in total. The van der Waals surface area contributed by atoms with Crippen LogP contribution in [0.3, 0.4) is 0 Å². The van der Waals surface area contributed by atoms with E-state index in [-0.39, 0.29) is 33.1 Å². The van der Waals surface area contributed by atoms with E-state index in [2.05, 4.69) is 64.8 Å². The first-order chi connectivity index (χ1) is 20.6. The molecule has 1 amide bonds. The van der Waals surface area contributed by atoms with Gasteiger partial charge in [-0.2, -0.15) is 0 Å². The zero-order chi connectivity index (χ0) is 31.9. The number of likely N-dealkylation sites (N-methyl/N-ethyl adjacent to an activating group) is 1. The molecule has 0 radical (unpaired) electrons. The highest BCUT2D eigenvalue weighted by atomic mass is 16.4. The summed E-state index contributed by atoms with van der Waals surface area (Å²) in [7, 11) is 1.74. The lowest BCUT2D eigenvalue weighted by Crippen LogP contribution is -2.68. The Morgan fingerprint density at radius 2 is 1.61 bits per heavy atom. The number of nitrogens with one attached hydrogen (secondary N) is 2. The summed E-state index contributed by atoms with van der Waals surface area (Å²) in [4.78, 5) is 23.9. The van der Waals surface area contributed by atoms with Crippen LogP contribution in [0.5, 0.6) is 0 Å². The monoisotopic (exact) mass is 600 g/mol. The smallest absolute Gasteiger partial charge is 0.335 e. The average Bonchev–Trinajstić information content (AvgIpc) is 3.36. The highest BCUT2D eigenvalue weighted by Crippen LogP contribution is 2.76. The van der Waals surface area contributed by atoms with Gasteiger partial charge in [0.2, 0.25) is 5.91 Å². The number of carbonyl (C=O) groups excluding carboxylic acids is 1. The second kappa shape index (κ2) is 10.6. The number of aromatic carboxylic acids is 1. The molecule has 5 nitrogen and oxygen atoms in total. The van der Waals surface area contributed by atoms with Crippen molar-refractivity contribution >= 4 is 17.4 Å². The second-order valence-corrected chi connectivity index (χ2v) is 16.8. The van der Waals surface area contributed by atoms with E-state index in [0.717, 1.165) is 19.3 Å². The van der Waals surface area contributed by atoms with Gasteiger partial charge in [0, 0.05) is 12.6 Å². The largest absolute Gasteiger partial charge is 0.478 e. The van der Waals surface area contributed by atoms with E-state index in [0.29, 0.717) is 41.7 Å². The summed E-state index contributed by atoms with van der Waals surface area (Å²) in [5.41, 5.74) is 5.03. The molecule has 0 bridgehead atoms. The molecular formula is C39H56N2O3. The van der Waals surface area contributed by atoms with Crippen LogP contribution >= 0.6 is 0 Å². The lowest BCUT2D eigenvalue weighted by molar-refractivity contribution is -0.219. The number of benzene rings is 1. The summed E-state index contributed by atoms with van der Waals surface area (Å²) in [6.07, 6.45) is 13.4. The van der Waals surface area contributed by atoms with Crippen LogP contribution in [-0.4, -0.2) is 36.1 Å². The maximum atomic E-state index is 12.4. The van der Waals surface area contributed by atoms with Gasteiger partial charge in [-0.25, -0.2) is 4.79 Å². The molecule has 5 heteroatoms. The first-order valence-corrected chi connectivity index (χ1v) is 17.3. The topological polar surface area (TPSA) is 78.4 Å². The Balaban J connectivity index is 1.34. The number of rotatable bonds is 6. The predicted octanol–water partition coefficient (Wildman–Crippen LogP) is 8.12. The quantitative estimate of drug-likeness (QED) is 0.288. The van der Waals surface area contributed by atoms with Crippen molar-refractivity contribution in [3.8, 4) is 0 Å². The van der Waals surface area contributed by atoms with E-state index in [1.807, 2.05) is 12.1 Å². The number of hydrogen-bond donors (Lipinski definition) is 3.